The van der Waals surface area contributed by atoms with Crippen LogP contribution >= 0.6 is 0 Å². The second kappa shape index (κ2) is 4.54. The molecule has 0 atom stereocenters. The van der Waals surface area contributed by atoms with Gasteiger partial charge in [0.05, 0.1) is 0 Å². The highest BCUT2D eigenvalue weighted by molar-refractivity contribution is 5.33. The van der Waals surface area contributed by atoms with Crippen LogP contribution in [0.5, 0.6) is 0 Å². The minimum Gasteiger partial charge on any atom is -0.372 e. The summed E-state index contributed by atoms with van der Waals surface area (Å²) in [6, 6.07) is 9.86. The van der Waals surface area contributed by atoms with Crippen molar-refractivity contribution in [2.24, 2.45) is 0 Å². The average Bonchev–Trinajstić information content (AvgIpc) is 2.07. The van der Waals surface area contributed by atoms with Gasteiger partial charge in [0, 0.05) is 12.7 Å². The normalized spacial score (nSPS) is 8.45. The molecule has 0 saturated carbocycles. The van der Waals surface area contributed by atoms with E-state index in [4.69, 9.17) is 4.74 Å². The zero-order valence-electron chi connectivity index (χ0n) is 6.50. The summed E-state index contributed by atoms with van der Waals surface area (Å²) in [6.45, 7) is 0.495. The van der Waals surface area contributed by atoms with E-state index in [1.807, 2.05) is 30.3 Å². The van der Waals surface area contributed by atoms with Gasteiger partial charge in [0.25, 0.3) is 0 Å². The third-order valence-electron chi connectivity index (χ3n) is 1.22. The molecule has 1 rings (SSSR count). The van der Waals surface area contributed by atoms with Crippen molar-refractivity contribution in [2.45, 2.75) is 0 Å². The molecule has 0 aromatic heterocycles. The first-order valence-electron chi connectivity index (χ1n) is 3.46. The van der Waals surface area contributed by atoms with E-state index < -0.39 is 0 Å². The standard InChI is InChI=1S/C10H10O/c1-11-9-5-8-10-6-3-2-4-7-10/h2-4,6-7H,9H2,1H3. The monoisotopic (exact) mass is 146 g/mol. The van der Waals surface area contributed by atoms with Crippen LogP contribution in [0.3, 0.4) is 0 Å². The van der Waals surface area contributed by atoms with E-state index in [1.54, 1.807) is 7.11 Å². The Morgan fingerprint density at radius 1 is 1.27 bits per heavy atom. The predicted octanol–water partition coefficient (Wildman–Crippen LogP) is 1.68. The molecule has 0 amide bonds. The van der Waals surface area contributed by atoms with Gasteiger partial charge < -0.3 is 4.74 Å². The molecular weight excluding hydrogens is 136 g/mol. The fourth-order valence-corrected chi connectivity index (χ4v) is 0.732. The molecule has 11 heavy (non-hydrogen) atoms. The lowest BCUT2D eigenvalue weighted by Crippen LogP contribution is -1.81. The number of ether oxygens (including phenoxy) is 1. The molecule has 0 heterocycles. The summed E-state index contributed by atoms with van der Waals surface area (Å²) < 4.78 is 4.79. The lowest BCUT2D eigenvalue weighted by atomic mass is 10.2. The first kappa shape index (κ1) is 7.84. The van der Waals surface area contributed by atoms with Gasteiger partial charge in [-0.05, 0) is 12.1 Å². The zero-order chi connectivity index (χ0) is 7.94. The zero-order valence-corrected chi connectivity index (χ0v) is 6.50. The van der Waals surface area contributed by atoms with E-state index in [9.17, 15) is 0 Å². The molecule has 1 aromatic carbocycles. The summed E-state index contributed by atoms with van der Waals surface area (Å²) in [5.74, 6) is 5.85. The van der Waals surface area contributed by atoms with E-state index in [-0.39, 0.29) is 0 Å². The quantitative estimate of drug-likeness (QED) is 0.548. The van der Waals surface area contributed by atoms with E-state index in [1.165, 1.54) is 0 Å². The van der Waals surface area contributed by atoms with E-state index >= 15 is 0 Å². The Hall–Kier alpha value is -1.26. The molecule has 0 aliphatic rings. The van der Waals surface area contributed by atoms with Crippen LogP contribution < -0.4 is 0 Å². The molecule has 1 heteroatoms. The fourth-order valence-electron chi connectivity index (χ4n) is 0.732. The summed E-state index contributed by atoms with van der Waals surface area (Å²) in [6.07, 6.45) is 0. The van der Waals surface area contributed by atoms with Crippen molar-refractivity contribution in [2.75, 3.05) is 13.7 Å². The number of methoxy groups -OCH3 is 1. The molecule has 1 nitrogen and oxygen atoms in total. The number of hydrogen-bond donors (Lipinski definition) is 0. The summed E-state index contributed by atoms with van der Waals surface area (Å²) in [5.41, 5.74) is 1.03. The third-order valence-corrected chi connectivity index (χ3v) is 1.22. The Bertz CT molecular complexity index is 253. The highest BCUT2D eigenvalue weighted by Gasteiger charge is 1.79. The molecule has 0 aliphatic heterocycles. The van der Waals surface area contributed by atoms with Crippen molar-refractivity contribution in [1.29, 1.82) is 0 Å². The minimum absolute atomic E-state index is 0.495. The van der Waals surface area contributed by atoms with Crippen LogP contribution in [0.1, 0.15) is 5.56 Å². The topological polar surface area (TPSA) is 9.23 Å². The molecule has 0 N–H and O–H groups in total. The van der Waals surface area contributed by atoms with E-state index in [0.29, 0.717) is 6.61 Å². The number of rotatable bonds is 1. The molecule has 0 radical (unpaired) electrons. The van der Waals surface area contributed by atoms with Crippen LogP contribution in [-0.4, -0.2) is 13.7 Å². The van der Waals surface area contributed by atoms with Crippen molar-refractivity contribution in [3.8, 4) is 11.8 Å². The van der Waals surface area contributed by atoms with E-state index in [2.05, 4.69) is 11.8 Å². The van der Waals surface area contributed by atoms with Gasteiger partial charge in [-0.25, -0.2) is 0 Å². The highest BCUT2D eigenvalue weighted by Crippen LogP contribution is 1.94. The summed E-state index contributed by atoms with van der Waals surface area (Å²) in [4.78, 5) is 0. The van der Waals surface area contributed by atoms with Gasteiger partial charge in [-0.2, -0.15) is 0 Å². The summed E-state index contributed by atoms with van der Waals surface area (Å²) >= 11 is 0. The van der Waals surface area contributed by atoms with Crippen LogP contribution in [0, 0.1) is 11.8 Å². The van der Waals surface area contributed by atoms with Gasteiger partial charge in [0.2, 0.25) is 0 Å². The maximum absolute atomic E-state index is 4.79. The Balaban J connectivity index is 2.59. The molecule has 0 bridgehead atoms. The van der Waals surface area contributed by atoms with Crippen LogP contribution in [0.4, 0.5) is 0 Å². The number of benzene rings is 1. The lowest BCUT2D eigenvalue weighted by molar-refractivity contribution is 0.240. The molecule has 0 spiro atoms. The van der Waals surface area contributed by atoms with Crippen molar-refractivity contribution in [3.05, 3.63) is 35.9 Å². The minimum atomic E-state index is 0.495. The second-order valence-electron chi connectivity index (χ2n) is 2.10. The van der Waals surface area contributed by atoms with Gasteiger partial charge in [-0.3, -0.25) is 0 Å². The Morgan fingerprint density at radius 3 is 2.64 bits per heavy atom. The maximum atomic E-state index is 4.79. The number of hydrogen-bond acceptors (Lipinski definition) is 1. The van der Waals surface area contributed by atoms with E-state index in [0.717, 1.165) is 5.56 Å². The van der Waals surface area contributed by atoms with Crippen molar-refractivity contribution >= 4 is 0 Å². The summed E-state index contributed by atoms with van der Waals surface area (Å²) in [7, 11) is 1.64. The molecule has 56 valence electrons. The lowest BCUT2D eigenvalue weighted by Gasteiger charge is -1.86. The van der Waals surface area contributed by atoms with Crippen LogP contribution in [-0.2, 0) is 4.74 Å². The van der Waals surface area contributed by atoms with Gasteiger partial charge in [-0.1, -0.05) is 30.0 Å². The van der Waals surface area contributed by atoms with Gasteiger partial charge in [0.15, 0.2) is 0 Å². The van der Waals surface area contributed by atoms with Gasteiger partial charge in [0.1, 0.15) is 6.61 Å². The average molecular weight is 146 g/mol. The van der Waals surface area contributed by atoms with Crippen LogP contribution in [0.15, 0.2) is 30.3 Å². The van der Waals surface area contributed by atoms with Crippen molar-refractivity contribution < 1.29 is 4.74 Å². The molecule has 0 aliphatic carbocycles. The Kier molecular flexibility index (Phi) is 3.24. The van der Waals surface area contributed by atoms with Crippen molar-refractivity contribution in [3.63, 3.8) is 0 Å². The molecule has 0 saturated heterocycles. The first-order valence-corrected chi connectivity index (χ1v) is 3.46. The Morgan fingerprint density at radius 2 is 2.00 bits per heavy atom. The van der Waals surface area contributed by atoms with Crippen LogP contribution in [0.25, 0.3) is 0 Å². The van der Waals surface area contributed by atoms with Gasteiger partial charge >= 0.3 is 0 Å². The largest absolute Gasteiger partial charge is 0.372 e. The smallest absolute Gasteiger partial charge is 0.107 e. The fraction of sp³-hybridized carbons (Fsp3) is 0.200. The molecule has 0 unspecified atom stereocenters. The van der Waals surface area contributed by atoms with Crippen molar-refractivity contribution in [1.82, 2.24) is 0 Å². The predicted molar refractivity (Wildman–Crippen MR) is 45.2 cm³/mol. The van der Waals surface area contributed by atoms with Crippen LogP contribution in [0.2, 0.25) is 0 Å². The molecule has 1 aromatic rings. The third kappa shape index (κ3) is 2.88. The SMILES string of the molecule is COCC#Cc1ccccc1. The molecular formula is C10H10O. The van der Waals surface area contributed by atoms with Gasteiger partial charge in [-0.15, -0.1) is 0 Å². The second-order valence-corrected chi connectivity index (χ2v) is 2.10. The molecule has 0 fully saturated rings. The summed E-state index contributed by atoms with van der Waals surface area (Å²) in [5, 5.41) is 0. The first-order chi connectivity index (χ1) is 5.43. The Labute approximate surface area is 67.0 Å². The highest BCUT2D eigenvalue weighted by atomic mass is 16.5. The maximum Gasteiger partial charge on any atom is 0.107 e.